The zero-order valence-corrected chi connectivity index (χ0v) is 11.8. The van der Waals surface area contributed by atoms with Crippen molar-refractivity contribution >= 4 is 0 Å². The number of benzene rings is 1. The van der Waals surface area contributed by atoms with Crippen molar-refractivity contribution in [1.82, 2.24) is 5.32 Å². The third kappa shape index (κ3) is 3.56. The first-order valence-electron chi connectivity index (χ1n) is 7.19. The monoisotopic (exact) mass is 276 g/mol. The molecule has 0 bridgehead atoms. The average molecular weight is 276 g/mol. The summed E-state index contributed by atoms with van der Waals surface area (Å²) >= 11 is 0. The van der Waals surface area contributed by atoms with E-state index in [0.717, 1.165) is 25.7 Å². The molecule has 1 fully saturated rings. The van der Waals surface area contributed by atoms with Gasteiger partial charge in [-0.25, -0.2) is 4.39 Å². The Labute approximate surface area is 119 Å². The highest BCUT2D eigenvalue weighted by atomic mass is 19.1. The summed E-state index contributed by atoms with van der Waals surface area (Å²) < 4.78 is 13.9. The van der Waals surface area contributed by atoms with Gasteiger partial charge in [0.1, 0.15) is 5.82 Å². The van der Waals surface area contributed by atoms with Gasteiger partial charge in [-0.2, -0.15) is 5.26 Å². The molecule has 2 rings (SSSR count). The molecule has 0 radical (unpaired) electrons. The van der Waals surface area contributed by atoms with Crippen LogP contribution in [0.2, 0.25) is 0 Å². The van der Waals surface area contributed by atoms with Crippen LogP contribution >= 0.6 is 0 Å². The summed E-state index contributed by atoms with van der Waals surface area (Å²) in [5.74, 6) is -0.375. The maximum atomic E-state index is 13.9. The van der Waals surface area contributed by atoms with Crippen LogP contribution in [0.15, 0.2) is 18.2 Å². The Balaban J connectivity index is 1.98. The van der Waals surface area contributed by atoms with Gasteiger partial charge in [0.05, 0.1) is 17.2 Å². The van der Waals surface area contributed by atoms with Crippen LogP contribution in [-0.4, -0.2) is 17.3 Å². The molecule has 1 aliphatic carbocycles. The molecule has 2 N–H and O–H groups in total. The molecular weight excluding hydrogens is 255 g/mol. The number of rotatable bonds is 4. The van der Waals surface area contributed by atoms with Gasteiger partial charge in [-0.15, -0.1) is 0 Å². The molecule has 0 saturated heterocycles. The van der Waals surface area contributed by atoms with E-state index < -0.39 is 5.60 Å². The Morgan fingerprint density at radius 3 is 2.70 bits per heavy atom. The molecule has 0 heterocycles. The number of nitrogens with zero attached hydrogens (tertiary/aromatic N) is 1. The Hall–Kier alpha value is -1.44. The van der Waals surface area contributed by atoms with Gasteiger partial charge in [0.25, 0.3) is 0 Å². The minimum absolute atomic E-state index is 0.186. The van der Waals surface area contributed by atoms with Gasteiger partial charge in [-0.05, 0) is 31.9 Å². The lowest BCUT2D eigenvalue weighted by molar-refractivity contribution is 0.00292. The first-order valence-corrected chi connectivity index (χ1v) is 7.19. The molecule has 0 aliphatic heterocycles. The van der Waals surface area contributed by atoms with Crippen molar-refractivity contribution in [3.05, 3.63) is 35.1 Å². The maximum Gasteiger partial charge on any atom is 0.129 e. The minimum Gasteiger partial charge on any atom is -0.389 e. The first-order chi connectivity index (χ1) is 9.54. The number of hydrogen-bond acceptors (Lipinski definition) is 3. The second-order valence-electron chi connectivity index (χ2n) is 5.74. The van der Waals surface area contributed by atoms with Crippen LogP contribution in [0.3, 0.4) is 0 Å². The van der Waals surface area contributed by atoms with E-state index >= 15 is 0 Å². The van der Waals surface area contributed by atoms with E-state index in [0.29, 0.717) is 17.7 Å². The van der Waals surface area contributed by atoms with Gasteiger partial charge in [0.15, 0.2) is 0 Å². The van der Waals surface area contributed by atoms with Crippen LogP contribution in [0.5, 0.6) is 0 Å². The first kappa shape index (κ1) is 15.0. The highest BCUT2D eigenvalue weighted by molar-refractivity contribution is 5.34. The second kappa shape index (κ2) is 6.34. The van der Waals surface area contributed by atoms with Gasteiger partial charge in [-0.3, -0.25) is 0 Å². The summed E-state index contributed by atoms with van der Waals surface area (Å²) in [5.41, 5.74) is 0.197. The molecule has 1 saturated carbocycles. The van der Waals surface area contributed by atoms with Crippen molar-refractivity contribution in [1.29, 1.82) is 5.26 Å². The van der Waals surface area contributed by atoms with Crippen LogP contribution in [0.25, 0.3) is 0 Å². The highest BCUT2D eigenvalue weighted by Crippen LogP contribution is 2.28. The zero-order chi connectivity index (χ0) is 14.6. The molecule has 1 aromatic rings. The van der Waals surface area contributed by atoms with Gasteiger partial charge in [-0.1, -0.05) is 25.3 Å². The third-order valence-electron chi connectivity index (χ3n) is 4.12. The van der Waals surface area contributed by atoms with E-state index in [4.69, 9.17) is 5.26 Å². The van der Waals surface area contributed by atoms with Crippen LogP contribution in [-0.2, 0) is 0 Å². The molecule has 0 spiro atoms. The number of nitriles is 1. The molecule has 0 aromatic heterocycles. The molecule has 0 amide bonds. The Morgan fingerprint density at radius 2 is 2.10 bits per heavy atom. The van der Waals surface area contributed by atoms with Crippen LogP contribution in [0, 0.1) is 17.1 Å². The molecule has 1 atom stereocenters. The van der Waals surface area contributed by atoms with Crippen molar-refractivity contribution in [2.45, 2.75) is 50.7 Å². The van der Waals surface area contributed by atoms with E-state index in [1.54, 1.807) is 12.1 Å². The topological polar surface area (TPSA) is 56.0 Å². The Bertz CT molecular complexity index is 504. The molecule has 1 aromatic carbocycles. The normalized spacial score (nSPS) is 19.3. The van der Waals surface area contributed by atoms with Crippen LogP contribution in [0.4, 0.5) is 4.39 Å². The molecule has 1 unspecified atom stereocenters. The molecule has 4 heteroatoms. The summed E-state index contributed by atoms with van der Waals surface area (Å²) in [6, 6.07) is 6.24. The summed E-state index contributed by atoms with van der Waals surface area (Å²) in [5, 5.41) is 22.4. The molecule has 1 aliphatic rings. The molecule has 108 valence electrons. The predicted octanol–water partition coefficient (Wildman–Crippen LogP) is 3.04. The van der Waals surface area contributed by atoms with Crippen molar-refractivity contribution in [3.8, 4) is 6.07 Å². The maximum absolute atomic E-state index is 13.9. The summed E-state index contributed by atoms with van der Waals surface area (Å²) in [7, 11) is 0. The quantitative estimate of drug-likeness (QED) is 0.888. The standard InChI is InChI=1S/C16H21FN2O/c1-12(14-6-5-13(10-18)9-15(14)17)19-11-16(20)7-3-2-4-8-16/h5-6,9,12,19-20H,2-4,7-8,11H2,1H3. The van der Waals surface area contributed by atoms with Gasteiger partial charge in [0.2, 0.25) is 0 Å². The van der Waals surface area contributed by atoms with Crippen molar-refractivity contribution in [3.63, 3.8) is 0 Å². The fourth-order valence-corrected chi connectivity index (χ4v) is 2.79. The minimum atomic E-state index is -0.657. The van der Waals surface area contributed by atoms with Crippen LogP contribution < -0.4 is 5.32 Å². The van der Waals surface area contributed by atoms with Gasteiger partial charge < -0.3 is 10.4 Å². The Morgan fingerprint density at radius 1 is 1.40 bits per heavy atom. The summed E-state index contributed by atoms with van der Waals surface area (Å²) in [6.45, 7) is 2.35. The van der Waals surface area contributed by atoms with E-state index in [-0.39, 0.29) is 11.9 Å². The van der Waals surface area contributed by atoms with E-state index in [2.05, 4.69) is 5.32 Å². The third-order valence-corrected chi connectivity index (χ3v) is 4.12. The Kier molecular flexibility index (Phi) is 4.74. The summed E-state index contributed by atoms with van der Waals surface area (Å²) in [4.78, 5) is 0. The smallest absolute Gasteiger partial charge is 0.129 e. The number of aliphatic hydroxyl groups is 1. The van der Waals surface area contributed by atoms with Crippen molar-refractivity contribution < 1.29 is 9.50 Å². The second-order valence-corrected chi connectivity index (χ2v) is 5.74. The number of hydrogen-bond donors (Lipinski definition) is 2. The number of nitrogens with one attached hydrogen (secondary N) is 1. The molecule has 20 heavy (non-hydrogen) atoms. The fraction of sp³-hybridized carbons (Fsp3) is 0.562. The highest BCUT2D eigenvalue weighted by Gasteiger charge is 2.29. The average Bonchev–Trinajstić information content (AvgIpc) is 2.45. The van der Waals surface area contributed by atoms with Crippen LogP contribution in [0.1, 0.15) is 56.2 Å². The van der Waals surface area contributed by atoms with E-state index in [1.807, 2.05) is 13.0 Å². The lowest BCUT2D eigenvalue weighted by atomic mass is 9.84. The zero-order valence-electron chi connectivity index (χ0n) is 11.8. The lowest BCUT2D eigenvalue weighted by Gasteiger charge is -2.33. The largest absolute Gasteiger partial charge is 0.389 e. The SMILES string of the molecule is CC(NCC1(O)CCCCC1)c1ccc(C#N)cc1F. The summed E-state index contributed by atoms with van der Waals surface area (Å²) in [6.07, 6.45) is 4.91. The lowest BCUT2D eigenvalue weighted by Crippen LogP contribution is -2.43. The molecular formula is C16H21FN2O. The van der Waals surface area contributed by atoms with E-state index in [1.165, 1.54) is 12.5 Å². The van der Waals surface area contributed by atoms with E-state index in [9.17, 15) is 9.50 Å². The predicted molar refractivity (Wildman–Crippen MR) is 75.6 cm³/mol. The number of halogens is 1. The molecule has 3 nitrogen and oxygen atoms in total. The van der Waals surface area contributed by atoms with Gasteiger partial charge >= 0.3 is 0 Å². The van der Waals surface area contributed by atoms with Crippen molar-refractivity contribution in [2.24, 2.45) is 0 Å². The fourth-order valence-electron chi connectivity index (χ4n) is 2.79. The van der Waals surface area contributed by atoms with Crippen molar-refractivity contribution in [2.75, 3.05) is 6.54 Å². The van der Waals surface area contributed by atoms with Gasteiger partial charge in [0, 0.05) is 18.2 Å².